The van der Waals surface area contributed by atoms with E-state index in [0.29, 0.717) is 30.3 Å². The van der Waals surface area contributed by atoms with Gasteiger partial charge in [-0.2, -0.15) is 0 Å². The fourth-order valence-corrected chi connectivity index (χ4v) is 2.74. The number of nitrogens with one attached hydrogen (secondary N) is 2. The average molecular weight is 343 g/mol. The highest BCUT2D eigenvalue weighted by Crippen LogP contribution is 2.36. The molecule has 0 radical (unpaired) electrons. The predicted octanol–water partition coefficient (Wildman–Crippen LogP) is -0.0258. The maximum absolute atomic E-state index is 12.8. The monoisotopic (exact) mass is 343 g/mol. The maximum atomic E-state index is 12.8. The highest BCUT2D eigenvalue weighted by atomic mass is 16.6. The van der Waals surface area contributed by atoms with Gasteiger partial charge in [-0.1, -0.05) is 12.0 Å². The van der Waals surface area contributed by atoms with E-state index in [1.807, 2.05) is 0 Å². The molecule has 3 rings (SSSR count). The first-order valence-corrected chi connectivity index (χ1v) is 7.70. The van der Waals surface area contributed by atoms with Crippen molar-refractivity contribution < 1.29 is 23.9 Å². The van der Waals surface area contributed by atoms with E-state index in [9.17, 15) is 14.4 Å². The van der Waals surface area contributed by atoms with Crippen LogP contribution in [-0.4, -0.2) is 49.0 Å². The third-order valence-electron chi connectivity index (χ3n) is 4.08. The smallest absolute Gasteiger partial charge is 0.325 e. The number of ether oxygens (including phenoxy) is 2. The molecular weight excluding hydrogens is 326 g/mol. The fourth-order valence-electron chi connectivity index (χ4n) is 2.74. The van der Waals surface area contributed by atoms with Gasteiger partial charge < -0.3 is 20.1 Å². The van der Waals surface area contributed by atoms with Crippen LogP contribution < -0.4 is 20.1 Å². The zero-order valence-electron chi connectivity index (χ0n) is 13.6. The van der Waals surface area contributed by atoms with E-state index in [0.717, 1.165) is 4.90 Å². The minimum absolute atomic E-state index is 0.0297. The predicted molar refractivity (Wildman–Crippen MR) is 86.9 cm³/mol. The van der Waals surface area contributed by atoms with Crippen molar-refractivity contribution in [3.05, 3.63) is 23.8 Å². The van der Waals surface area contributed by atoms with Gasteiger partial charge in [0.15, 0.2) is 11.5 Å². The zero-order chi connectivity index (χ0) is 18.0. The van der Waals surface area contributed by atoms with Crippen molar-refractivity contribution in [2.75, 3.05) is 26.3 Å². The Morgan fingerprint density at radius 2 is 2.08 bits per heavy atom. The van der Waals surface area contributed by atoms with E-state index >= 15 is 0 Å². The Labute approximate surface area is 144 Å². The molecule has 8 heteroatoms. The van der Waals surface area contributed by atoms with Crippen molar-refractivity contribution >= 4 is 17.8 Å². The molecule has 8 nitrogen and oxygen atoms in total. The number of terminal acetylenes is 1. The van der Waals surface area contributed by atoms with Gasteiger partial charge in [0.25, 0.3) is 5.91 Å². The molecule has 1 aromatic carbocycles. The summed E-state index contributed by atoms with van der Waals surface area (Å²) in [6, 6.07) is 4.40. The number of benzene rings is 1. The van der Waals surface area contributed by atoms with Crippen LogP contribution in [0, 0.1) is 12.3 Å². The molecule has 130 valence electrons. The third-order valence-corrected chi connectivity index (χ3v) is 4.08. The summed E-state index contributed by atoms with van der Waals surface area (Å²) in [4.78, 5) is 37.6. The molecule has 25 heavy (non-hydrogen) atoms. The zero-order valence-corrected chi connectivity index (χ0v) is 13.6. The largest absolute Gasteiger partial charge is 0.486 e. The van der Waals surface area contributed by atoms with Crippen LogP contribution in [0.3, 0.4) is 0 Å². The molecule has 2 aliphatic heterocycles. The molecule has 0 aromatic heterocycles. The Hall–Kier alpha value is -3.21. The van der Waals surface area contributed by atoms with Crippen molar-refractivity contribution in [3.63, 3.8) is 0 Å². The van der Waals surface area contributed by atoms with Crippen LogP contribution in [0.4, 0.5) is 4.79 Å². The second-order valence-corrected chi connectivity index (χ2v) is 5.79. The number of hydrogen-bond acceptors (Lipinski definition) is 5. The minimum atomic E-state index is -1.29. The Morgan fingerprint density at radius 1 is 1.36 bits per heavy atom. The SMILES string of the molecule is C#CCNC(=O)CN1C(=O)N[C@@](C)(c2ccc3c(c2)OCCO3)C1=O. The van der Waals surface area contributed by atoms with Gasteiger partial charge in [0.05, 0.1) is 6.54 Å². The van der Waals surface area contributed by atoms with Crippen molar-refractivity contribution in [2.24, 2.45) is 0 Å². The normalized spacial score (nSPS) is 21.5. The van der Waals surface area contributed by atoms with Crippen molar-refractivity contribution in [2.45, 2.75) is 12.5 Å². The summed E-state index contributed by atoms with van der Waals surface area (Å²) in [5.41, 5.74) is -0.749. The van der Waals surface area contributed by atoms with Gasteiger partial charge in [-0.05, 0) is 24.6 Å². The van der Waals surface area contributed by atoms with Crippen LogP contribution in [0.1, 0.15) is 12.5 Å². The summed E-state index contributed by atoms with van der Waals surface area (Å²) < 4.78 is 11.0. The van der Waals surface area contributed by atoms with Gasteiger partial charge in [-0.3, -0.25) is 14.5 Å². The lowest BCUT2D eigenvalue weighted by molar-refractivity contribution is -0.134. The number of hydrogen-bond donors (Lipinski definition) is 2. The second-order valence-electron chi connectivity index (χ2n) is 5.79. The van der Waals surface area contributed by atoms with E-state index in [2.05, 4.69) is 16.6 Å². The van der Waals surface area contributed by atoms with Crippen LogP contribution in [-0.2, 0) is 15.1 Å². The second kappa shape index (κ2) is 6.36. The van der Waals surface area contributed by atoms with Crippen molar-refractivity contribution in [1.82, 2.24) is 15.5 Å². The van der Waals surface area contributed by atoms with Gasteiger partial charge in [-0.15, -0.1) is 6.42 Å². The van der Waals surface area contributed by atoms with Gasteiger partial charge in [-0.25, -0.2) is 4.79 Å². The van der Waals surface area contributed by atoms with Crippen LogP contribution in [0.15, 0.2) is 18.2 Å². The molecule has 0 unspecified atom stereocenters. The summed E-state index contributed by atoms with van der Waals surface area (Å²) >= 11 is 0. The Kier molecular flexibility index (Phi) is 4.23. The van der Waals surface area contributed by atoms with Crippen molar-refractivity contribution in [1.29, 1.82) is 0 Å². The summed E-state index contributed by atoms with van der Waals surface area (Å²) in [5, 5.41) is 5.06. The molecule has 1 aromatic rings. The van der Waals surface area contributed by atoms with Crippen molar-refractivity contribution in [3.8, 4) is 23.8 Å². The summed E-state index contributed by atoms with van der Waals surface area (Å²) in [6.45, 7) is 2.08. The van der Waals surface area contributed by atoms with E-state index in [1.165, 1.54) is 0 Å². The van der Waals surface area contributed by atoms with Crippen LogP contribution in [0.2, 0.25) is 0 Å². The Morgan fingerprint density at radius 3 is 2.80 bits per heavy atom. The van der Waals surface area contributed by atoms with E-state index in [1.54, 1.807) is 25.1 Å². The highest BCUT2D eigenvalue weighted by Gasteiger charge is 2.49. The summed E-state index contributed by atoms with van der Waals surface area (Å²) in [7, 11) is 0. The number of carbonyl (C=O) groups excluding carboxylic acids is 3. The van der Waals surface area contributed by atoms with Gasteiger partial charge in [0.1, 0.15) is 25.3 Å². The first-order chi connectivity index (χ1) is 12.0. The lowest BCUT2D eigenvalue weighted by Gasteiger charge is -2.25. The van der Waals surface area contributed by atoms with E-state index in [-0.39, 0.29) is 6.54 Å². The van der Waals surface area contributed by atoms with Gasteiger partial charge in [0, 0.05) is 0 Å². The third kappa shape index (κ3) is 2.96. The molecule has 0 saturated carbocycles. The maximum Gasteiger partial charge on any atom is 0.325 e. The lowest BCUT2D eigenvalue weighted by Crippen LogP contribution is -2.43. The summed E-state index contributed by atoms with van der Waals surface area (Å²) in [5.74, 6) is 2.32. The van der Waals surface area contributed by atoms with Gasteiger partial charge in [0.2, 0.25) is 5.91 Å². The average Bonchev–Trinajstić information content (AvgIpc) is 2.83. The summed E-state index contributed by atoms with van der Waals surface area (Å²) in [6.07, 6.45) is 5.07. The molecule has 1 fully saturated rings. The highest BCUT2D eigenvalue weighted by molar-refractivity contribution is 6.09. The number of fused-ring (bicyclic) bond motifs is 1. The van der Waals surface area contributed by atoms with E-state index in [4.69, 9.17) is 15.9 Å². The van der Waals surface area contributed by atoms with Crippen LogP contribution >= 0.6 is 0 Å². The molecule has 1 saturated heterocycles. The Balaban J connectivity index is 1.82. The molecule has 0 aliphatic carbocycles. The molecule has 1 atom stereocenters. The topological polar surface area (TPSA) is 97.0 Å². The molecule has 2 N–H and O–H groups in total. The van der Waals surface area contributed by atoms with Gasteiger partial charge >= 0.3 is 6.03 Å². The molecule has 2 heterocycles. The standard InChI is InChI=1S/C17H17N3O5/c1-3-6-18-14(21)10-20-15(22)17(2,19-16(20)23)11-4-5-12-13(9-11)25-8-7-24-12/h1,4-5,9H,6-8,10H2,2H3,(H,18,21)(H,19,23)/t17-/m0/s1. The number of rotatable bonds is 4. The number of carbonyl (C=O) groups is 3. The number of urea groups is 1. The molecule has 4 amide bonds. The number of amides is 4. The fraction of sp³-hybridized carbons (Fsp3) is 0.353. The molecule has 0 spiro atoms. The quantitative estimate of drug-likeness (QED) is 0.591. The lowest BCUT2D eigenvalue weighted by atomic mass is 9.91. The number of nitrogens with zero attached hydrogens (tertiary/aromatic N) is 1. The first-order valence-electron chi connectivity index (χ1n) is 7.70. The van der Waals surface area contributed by atoms with E-state index < -0.39 is 29.9 Å². The van der Waals surface area contributed by atoms with Crippen LogP contribution in [0.25, 0.3) is 0 Å². The molecule has 0 bridgehead atoms. The van der Waals surface area contributed by atoms with Crippen LogP contribution in [0.5, 0.6) is 11.5 Å². The molecular formula is C17H17N3O5. The minimum Gasteiger partial charge on any atom is -0.486 e. The molecule has 2 aliphatic rings. The first kappa shape index (κ1) is 16.6. The number of imide groups is 1. The Bertz CT molecular complexity index is 785.